The van der Waals surface area contributed by atoms with E-state index in [1.807, 2.05) is 0 Å². The number of hydrogen-bond donors (Lipinski definition) is 3. The fraction of sp³-hybridized carbons (Fsp3) is 0.0833. The summed E-state index contributed by atoms with van der Waals surface area (Å²) in [7, 11) is 1.27. The van der Waals surface area contributed by atoms with Gasteiger partial charge in [-0.25, -0.2) is 9.37 Å². The van der Waals surface area contributed by atoms with Crippen molar-refractivity contribution in [3.8, 4) is 28.8 Å². The highest BCUT2D eigenvalue weighted by molar-refractivity contribution is 5.78. The Kier molecular flexibility index (Phi) is 3.27. The van der Waals surface area contributed by atoms with Crippen LogP contribution in [0.4, 0.5) is 16.2 Å². The molecule has 0 aliphatic rings. The number of nitrogens with zero attached hydrogens (tertiary/aromatic N) is 3. The van der Waals surface area contributed by atoms with Gasteiger partial charge >= 0.3 is 0 Å². The van der Waals surface area contributed by atoms with Gasteiger partial charge in [0.05, 0.1) is 18.4 Å². The number of anilines is 2. The Bertz CT molecular complexity index is 727. The van der Waals surface area contributed by atoms with Gasteiger partial charge in [-0.05, 0) is 6.07 Å². The molecule has 0 saturated heterocycles. The van der Waals surface area contributed by atoms with E-state index < -0.39 is 5.82 Å². The zero-order valence-corrected chi connectivity index (χ0v) is 10.4. The first-order valence-electron chi connectivity index (χ1n) is 5.38. The van der Waals surface area contributed by atoms with Crippen LogP contribution in [0, 0.1) is 17.1 Å². The Morgan fingerprint density at radius 3 is 2.65 bits per heavy atom. The summed E-state index contributed by atoms with van der Waals surface area (Å²) in [4.78, 5) is 7.47. The molecular weight excluding hydrogens is 265 g/mol. The summed E-state index contributed by atoms with van der Waals surface area (Å²) in [5.74, 6) is -1.49. The van der Waals surface area contributed by atoms with Crippen LogP contribution in [0.2, 0.25) is 0 Å². The maximum absolute atomic E-state index is 13.5. The molecule has 0 atom stereocenters. The largest absolute Gasteiger partial charge is 0.504 e. The summed E-state index contributed by atoms with van der Waals surface area (Å²) in [5.41, 5.74) is 10.8. The van der Waals surface area contributed by atoms with E-state index in [2.05, 4.69) is 9.97 Å². The molecule has 20 heavy (non-hydrogen) atoms. The summed E-state index contributed by atoms with van der Waals surface area (Å²) in [6.45, 7) is 0. The molecule has 0 aliphatic carbocycles. The van der Waals surface area contributed by atoms with Gasteiger partial charge in [0.2, 0.25) is 5.95 Å². The SMILES string of the molecule is COc1cc(F)cc(-c2nc(N)nc(N)c2C#N)c1O. The topological polar surface area (TPSA) is 131 Å². The molecule has 102 valence electrons. The molecule has 1 heterocycles. The molecule has 0 spiro atoms. The standard InChI is InChI=1S/C12H10FN5O2/c1-20-8-3-5(13)2-6(10(8)19)9-7(4-14)11(15)18-12(16)17-9/h2-3,19H,1H3,(H4,15,16,17,18). The summed E-state index contributed by atoms with van der Waals surface area (Å²) in [6.07, 6.45) is 0. The Hall–Kier alpha value is -3.08. The van der Waals surface area contributed by atoms with Crippen molar-refractivity contribution in [2.75, 3.05) is 18.6 Å². The summed E-state index contributed by atoms with van der Waals surface area (Å²) < 4.78 is 18.4. The van der Waals surface area contributed by atoms with Gasteiger partial charge in [0.15, 0.2) is 11.5 Å². The van der Waals surface area contributed by atoms with E-state index in [1.54, 1.807) is 6.07 Å². The molecular formula is C12H10FN5O2. The normalized spacial score (nSPS) is 10.1. The van der Waals surface area contributed by atoms with Crippen LogP contribution in [0.25, 0.3) is 11.3 Å². The number of methoxy groups -OCH3 is 1. The van der Waals surface area contributed by atoms with Crippen LogP contribution >= 0.6 is 0 Å². The van der Waals surface area contributed by atoms with Gasteiger partial charge in [-0.1, -0.05) is 0 Å². The first kappa shape index (κ1) is 13.4. The van der Waals surface area contributed by atoms with Crippen molar-refractivity contribution in [3.05, 3.63) is 23.5 Å². The maximum atomic E-state index is 13.5. The maximum Gasteiger partial charge on any atom is 0.222 e. The van der Waals surface area contributed by atoms with Crippen LogP contribution < -0.4 is 16.2 Å². The molecule has 2 rings (SSSR count). The van der Waals surface area contributed by atoms with E-state index in [4.69, 9.17) is 21.5 Å². The Morgan fingerprint density at radius 1 is 1.35 bits per heavy atom. The number of nitrogens with two attached hydrogens (primary N) is 2. The molecule has 1 aromatic heterocycles. The molecule has 0 bridgehead atoms. The lowest BCUT2D eigenvalue weighted by molar-refractivity contribution is 0.371. The second-order valence-electron chi connectivity index (χ2n) is 3.81. The molecule has 8 heteroatoms. The van der Waals surface area contributed by atoms with E-state index in [0.717, 1.165) is 12.1 Å². The lowest BCUT2D eigenvalue weighted by Gasteiger charge is -2.11. The van der Waals surface area contributed by atoms with Crippen molar-refractivity contribution in [1.29, 1.82) is 5.26 Å². The van der Waals surface area contributed by atoms with Gasteiger partial charge < -0.3 is 21.3 Å². The average Bonchev–Trinajstić information content (AvgIpc) is 2.40. The number of phenols is 1. The minimum Gasteiger partial charge on any atom is -0.504 e. The van der Waals surface area contributed by atoms with E-state index in [1.165, 1.54) is 7.11 Å². The smallest absolute Gasteiger partial charge is 0.222 e. The minimum absolute atomic E-state index is 0.0563. The number of aromatic hydroxyl groups is 1. The van der Waals surface area contributed by atoms with Crippen LogP contribution in [0.5, 0.6) is 11.5 Å². The molecule has 5 N–H and O–H groups in total. The minimum atomic E-state index is -0.672. The summed E-state index contributed by atoms with van der Waals surface area (Å²) in [6, 6.07) is 3.79. The number of benzene rings is 1. The van der Waals surface area contributed by atoms with Gasteiger partial charge in [-0.3, -0.25) is 0 Å². The number of nitrogen functional groups attached to an aromatic ring is 2. The third-order valence-electron chi connectivity index (χ3n) is 2.58. The summed E-state index contributed by atoms with van der Waals surface area (Å²) in [5, 5.41) is 19.1. The lowest BCUT2D eigenvalue weighted by atomic mass is 10.1. The van der Waals surface area contributed by atoms with Gasteiger partial charge in [0.1, 0.15) is 23.3 Å². The molecule has 0 saturated carbocycles. The number of nitriles is 1. The predicted molar refractivity (Wildman–Crippen MR) is 69.2 cm³/mol. The molecule has 1 aromatic carbocycles. The number of ether oxygens (including phenoxy) is 1. The predicted octanol–water partition coefficient (Wildman–Crippen LogP) is 1.03. The number of halogens is 1. The second kappa shape index (κ2) is 4.89. The zero-order chi connectivity index (χ0) is 14.9. The van der Waals surface area contributed by atoms with E-state index in [0.29, 0.717) is 0 Å². The Labute approximate surface area is 113 Å². The van der Waals surface area contributed by atoms with Gasteiger partial charge in [-0.2, -0.15) is 10.2 Å². The lowest BCUT2D eigenvalue weighted by Crippen LogP contribution is -2.05. The average molecular weight is 275 g/mol. The van der Waals surface area contributed by atoms with Gasteiger partial charge in [0.25, 0.3) is 0 Å². The molecule has 0 fully saturated rings. The number of rotatable bonds is 2. The van der Waals surface area contributed by atoms with Crippen molar-refractivity contribution in [2.45, 2.75) is 0 Å². The molecule has 7 nitrogen and oxygen atoms in total. The number of phenolic OH excluding ortho intramolecular Hbond substituents is 1. The summed E-state index contributed by atoms with van der Waals surface area (Å²) >= 11 is 0. The monoisotopic (exact) mass is 275 g/mol. The van der Waals surface area contributed by atoms with E-state index in [-0.39, 0.29) is 40.1 Å². The first-order valence-corrected chi connectivity index (χ1v) is 5.38. The Morgan fingerprint density at radius 2 is 2.05 bits per heavy atom. The van der Waals surface area contributed by atoms with Crippen molar-refractivity contribution in [2.24, 2.45) is 0 Å². The molecule has 0 radical (unpaired) electrons. The van der Waals surface area contributed by atoms with Crippen molar-refractivity contribution >= 4 is 11.8 Å². The second-order valence-corrected chi connectivity index (χ2v) is 3.81. The molecule has 0 aliphatic heterocycles. The quantitative estimate of drug-likeness (QED) is 0.745. The zero-order valence-electron chi connectivity index (χ0n) is 10.4. The fourth-order valence-corrected chi connectivity index (χ4v) is 1.71. The van der Waals surface area contributed by atoms with Crippen molar-refractivity contribution in [3.63, 3.8) is 0 Å². The van der Waals surface area contributed by atoms with Crippen molar-refractivity contribution in [1.82, 2.24) is 9.97 Å². The van der Waals surface area contributed by atoms with Crippen LogP contribution in [0.1, 0.15) is 5.56 Å². The molecule has 2 aromatic rings. The highest BCUT2D eigenvalue weighted by Crippen LogP contribution is 2.39. The van der Waals surface area contributed by atoms with Crippen LogP contribution in [-0.4, -0.2) is 22.2 Å². The Balaban J connectivity index is 2.82. The van der Waals surface area contributed by atoms with E-state index >= 15 is 0 Å². The van der Waals surface area contributed by atoms with Gasteiger partial charge in [-0.15, -0.1) is 0 Å². The third-order valence-corrected chi connectivity index (χ3v) is 2.58. The third kappa shape index (κ3) is 2.12. The van der Waals surface area contributed by atoms with E-state index in [9.17, 15) is 9.50 Å². The highest BCUT2D eigenvalue weighted by atomic mass is 19.1. The fourth-order valence-electron chi connectivity index (χ4n) is 1.71. The number of hydrogen-bond acceptors (Lipinski definition) is 7. The van der Waals surface area contributed by atoms with Crippen molar-refractivity contribution < 1.29 is 14.2 Å². The number of aromatic nitrogens is 2. The van der Waals surface area contributed by atoms with Crippen LogP contribution in [0.15, 0.2) is 12.1 Å². The molecule has 0 unspecified atom stereocenters. The van der Waals surface area contributed by atoms with Crippen LogP contribution in [-0.2, 0) is 0 Å². The highest BCUT2D eigenvalue weighted by Gasteiger charge is 2.19. The van der Waals surface area contributed by atoms with Gasteiger partial charge in [0, 0.05) is 6.07 Å². The first-order chi connectivity index (χ1) is 9.47. The van der Waals surface area contributed by atoms with Crippen LogP contribution in [0.3, 0.4) is 0 Å². The molecule has 0 amide bonds.